The summed E-state index contributed by atoms with van der Waals surface area (Å²) in [4.78, 5) is 15.0. The Morgan fingerprint density at radius 3 is 2.28 bits per heavy atom. The van der Waals surface area contributed by atoms with E-state index < -0.39 is 0 Å². The monoisotopic (exact) mass is 493 g/mol. The lowest BCUT2D eigenvalue weighted by Crippen LogP contribution is -2.24. The summed E-state index contributed by atoms with van der Waals surface area (Å²) < 4.78 is 16.7. The van der Waals surface area contributed by atoms with Gasteiger partial charge in [-0.2, -0.15) is 0 Å². The lowest BCUT2D eigenvalue weighted by Gasteiger charge is -2.25. The van der Waals surface area contributed by atoms with Gasteiger partial charge in [-0.1, -0.05) is 51.3 Å². The normalized spacial score (nSPS) is 14.4. The molecule has 1 saturated heterocycles. The number of unbranched alkanes of at least 4 members (excludes halogenated alkanes) is 1. The van der Waals surface area contributed by atoms with Gasteiger partial charge in [-0.25, -0.2) is 4.79 Å². The first-order valence-corrected chi connectivity index (χ1v) is 13.7. The molecule has 0 amide bonds. The molecule has 0 saturated carbocycles. The van der Waals surface area contributed by atoms with Gasteiger partial charge in [-0.05, 0) is 79.6 Å². The van der Waals surface area contributed by atoms with Gasteiger partial charge >= 0.3 is 5.97 Å². The van der Waals surface area contributed by atoms with Gasteiger partial charge in [0, 0.05) is 31.0 Å². The van der Waals surface area contributed by atoms with E-state index in [0.717, 1.165) is 55.0 Å². The van der Waals surface area contributed by atoms with Crippen molar-refractivity contribution in [2.75, 3.05) is 44.4 Å². The predicted octanol–water partition coefficient (Wildman–Crippen LogP) is 7.29. The molecule has 0 bridgehead atoms. The van der Waals surface area contributed by atoms with Crippen molar-refractivity contribution in [2.24, 2.45) is 0 Å². The van der Waals surface area contributed by atoms with E-state index in [1.54, 1.807) is 0 Å². The number of carbonyl (C=O) groups excluding carboxylic acids is 1. The van der Waals surface area contributed by atoms with Crippen LogP contribution in [0.3, 0.4) is 0 Å². The van der Waals surface area contributed by atoms with Crippen LogP contribution in [0, 0.1) is 0 Å². The molecule has 2 aromatic rings. The first-order valence-electron chi connectivity index (χ1n) is 13.7. The van der Waals surface area contributed by atoms with E-state index in [-0.39, 0.29) is 5.97 Å². The number of hydrogen-bond donors (Lipinski definition) is 0. The van der Waals surface area contributed by atoms with Crippen molar-refractivity contribution < 1.29 is 19.0 Å². The molecule has 0 aliphatic carbocycles. The number of hydrogen-bond acceptors (Lipinski definition) is 5. The minimum atomic E-state index is -0.229. The number of benzene rings is 2. The van der Waals surface area contributed by atoms with Crippen molar-refractivity contribution in [1.29, 1.82) is 0 Å². The Kier molecular flexibility index (Phi) is 11.9. The van der Waals surface area contributed by atoms with Crippen molar-refractivity contribution in [3.05, 3.63) is 53.6 Å². The topological polar surface area (TPSA) is 48.0 Å². The molecule has 0 spiro atoms. The van der Waals surface area contributed by atoms with E-state index in [2.05, 4.69) is 42.2 Å². The summed E-state index contributed by atoms with van der Waals surface area (Å²) in [6.07, 6.45) is 9.85. The molecule has 0 aromatic heterocycles. The van der Waals surface area contributed by atoms with Crippen molar-refractivity contribution in [2.45, 2.75) is 65.7 Å². The highest BCUT2D eigenvalue weighted by molar-refractivity contribution is 5.95. The third-order valence-electron chi connectivity index (χ3n) is 6.55. The zero-order valence-corrected chi connectivity index (χ0v) is 22.4. The molecule has 2 aromatic carbocycles. The lowest BCUT2D eigenvalue weighted by molar-refractivity contribution is -0.138. The number of nitrogens with zero attached hydrogens (tertiary/aromatic N) is 1. The van der Waals surface area contributed by atoms with Crippen LogP contribution in [0.5, 0.6) is 5.75 Å². The standard InChI is InChI=1S/C31H43NO4/c1-4-7-20-34-21-22-36-29-15-12-26(13-16-29)27-14-17-30(32-18-10-8-9-11-19-32)28(24-27)23-25(5-2)31(33)35-6-3/h12-17,23-24H,4-11,18-22H2,1-3H3/b25-23+. The Hall–Kier alpha value is -2.79. The molecule has 0 atom stereocenters. The lowest BCUT2D eigenvalue weighted by atomic mass is 9.99. The summed E-state index contributed by atoms with van der Waals surface area (Å²) in [5, 5.41) is 0. The Bertz CT molecular complexity index is 959. The SMILES string of the molecule is CCCCOCCOc1ccc(-c2ccc(N3CCCCCC3)c(/C=C(\CC)C(=O)OCC)c2)cc1. The highest BCUT2D eigenvalue weighted by Gasteiger charge is 2.16. The number of esters is 1. The molecule has 5 nitrogen and oxygen atoms in total. The molecule has 0 N–H and O–H groups in total. The summed E-state index contributed by atoms with van der Waals surface area (Å²) in [7, 11) is 0. The second kappa shape index (κ2) is 15.4. The fourth-order valence-electron chi connectivity index (χ4n) is 4.48. The van der Waals surface area contributed by atoms with E-state index in [9.17, 15) is 4.79 Å². The third-order valence-corrected chi connectivity index (χ3v) is 6.55. The number of ether oxygens (including phenoxy) is 3. The zero-order valence-electron chi connectivity index (χ0n) is 22.4. The second-order valence-corrected chi connectivity index (χ2v) is 9.26. The van der Waals surface area contributed by atoms with Crippen LogP contribution in [0.1, 0.15) is 71.3 Å². The van der Waals surface area contributed by atoms with E-state index in [1.807, 2.05) is 32.1 Å². The molecule has 196 valence electrons. The van der Waals surface area contributed by atoms with E-state index in [4.69, 9.17) is 14.2 Å². The molecule has 3 rings (SSSR count). The molecule has 1 aliphatic rings. The molecular weight excluding hydrogens is 450 g/mol. The first kappa shape index (κ1) is 27.8. The van der Waals surface area contributed by atoms with Crippen molar-refractivity contribution in [3.63, 3.8) is 0 Å². The minimum Gasteiger partial charge on any atom is -0.491 e. The van der Waals surface area contributed by atoms with Crippen LogP contribution >= 0.6 is 0 Å². The highest BCUT2D eigenvalue weighted by Crippen LogP contribution is 2.32. The highest BCUT2D eigenvalue weighted by atomic mass is 16.5. The quantitative estimate of drug-likeness (QED) is 0.167. The van der Waals surface area contributed by atoms with Crippen LogP contribution in [-0.4, -0.2) is 45.5 Å². The van der Waals surface area contributed by atoms with Gasteiger partial charge in [0.15, 0.2) is 0 Å². The number of anilines is 1. The smallest absolute Gasteiger partial charge is 0.333 e. The molecule has 5 heteroatoms. The molecule has 36 heavy (non-hydrogen) atoms. The summed E-state index contributed by atoms with van der Waals surface area (Å²) >= 11 is 0. The molecular formula is C31H43NO4. The van der Waals surface area contributed by atoms with Crippen molar-refractivity contribution >= 4 is 17.7 Å². The Morgan fingerprint density at radius 2 is 1.61 bits per heavy atom. The molecule has 1 aliphatic heterocycles. The van der Waals surface area contributed by atoms with Crippen LogP contribution in [0.25, 0.3) is 17.2 Å². The van der Waals surface area contributed by atoms with Gasteiger partial charge in [0.1, 0.15) is 12.4 Å². The summed E-state index contributed by atoms with van der Waals surface area (Å²) in [5.74, 6) is 0.613. The predicted molar refractivity (Wildman–Crippen MR) is 149 cm³/mol. The van der Waals surface area contributed by atoms with Crippen LogP contribution in [0.2, 0.25) is 0 Å². The summed E-state index contributed by atoms with van der Waals surface area (Å²) in [5.41, 5.74) is 5.21. The van der Waals surface area contributed by atoms with Crippen LogP contribution < -0.4 is 9.64 Å². The number of rotatable bonds is 13. The van der Waals surface area contributed by atoms with E-state index >= 15 is 0 Å². The molecule has 0 radical (unpaired) electrons. The maximum absolute atomic E-state index is 12.5. The van der Waals surface area contributed by atoms with Gasteiger partial charge in [0.05, 0.1) is 13.2 Å². The fraction of sp³-hybridized carbons (Fsp3) is 0.516. The molecule has 0 unspecified atom stereocenters. The van der Waals surface area contributed by atoms with Crippen LogP contribution in [0.15, 0.2) is 48.0 Å². The maximum Gasteiger partial charge on any atom is 0.333 e. The fourth-order valence-corrected chi connectivity index (χ4v) is 4.48. The van der Waals surface area contributed by atoms with Crippen LogP contribution in [-0.2, 0) is 14.3 Å². The average Bonchev–Trinajstić information content (AvgIpc) is 3.19. The summed E-state index contributed by atoms with van der Waals surface area (Å²) in [6, 6.07) is 14.8. The second-order valence-electron chi connectivity index (χ2n) is 9.26. The maximum atomic E-state index is 12.5. The third kappa shape index (κ3) is 8.41. The van der Waals surface area contributed by atoms with Gasteiger partial charge in [-0.15, -0.1) is 0 Å². The zero-order chi connectivity index (χ0) is 25.6. The van der Waals surface area contributed by atoms with E-state index in [1.165, 1.54) is 31.4 Å². The minimum absolute atomic E-state index is 0.229. The largest absolute Gasteiger partial charge is 0.491 e. The Morgan fingerprint density at radius 1 is 0.889 bits per heavy atom. The Balaban J connectivity index is 1.81. The average molecular weight is 494 g/mol. The first-order chi connectivity index (χ1) is 17.7. The van der Waals surface area contributed by atoms with Gasteiger partial charge in [0.25, 0.3) is 0 Å². The number of carbonyl (C=O) groups is 1. The van der Waals surface area contributed by atoms with Crippen LogP contribution in [0.4, 0.5) is 5.69 Å². The molecule has 1 heterocycles. The summed E-state index contributed by atoms with van der Waals surface area (Å²) in [6.45, 7) is 10.4. The molecule has 1 fully saturated rings. The van der Waals surface area contributed by atoms with E-state index in [0.29, 0.717) is 31.8 Å². The Labute approximate surface area is 217 Å². The van der Waals surface area contributed by atoms with Crippen molar-refractivity contribution in [3.8, 4) is 16.9 Å². The van der Waals surface area contributed by atoms with Crippen molar-refractivity contribution in [1.82, 2.24) is 0 Å². The van der Waals surface area contributed by atoms with Gasteiger partial charge < -0.3 is 19.1 Å². The van der Waals surface area contributed by atoms with Gasteiger partial charge in [0.2, 0.25) is 0 Å². The van der Waals surface area contributed by atoms with Gasteiger partial charge in [-0.3, -0.25) is 0 Å².